The molecule has 134 valence electrons. The van der Waals surface area contributed by atoms with E-state index in [0.717, 1.165) is 43.4 Å². The molecule has 1 spiro atoms. The minimum Gasteiger partial charge on any atom is -0.336 e. The van der Waals surface area contributed by atoms with E-state index in [1.165, 1.54) is 0 Å². The van der Waals surface area contributed by atoms with Gasteiger partial charge in [-0.05, 0) is 51.9 Å². The summed E-state index contributed by atoms with van der Waals surface area (Å²) in [6.45, 7) is 5.99. The number of rotatable bonds is 2. The number of piperidine rings is 1. The molecule has 0 aromatic carbocycles. The van der Waals surface area contributed by atoms with Crippen molar-refractivity contribution in [1.29, 1.82) is 0 Å². The standard InChI is InChI=1S/C18H29N3O3/c1-12-7-4-5-10-18(12)16(23)20(17(24)19-18)11-15(22)21-13(2)8-6-9-14(21)3/h12-14H,4-11H2,1-3H3,(H,19,24)/t12-,13-,14+,18-/m0/s1. The molecule has 0 aromatic heterocycles. The molecule has 3 fully saturated rings. The van der Waals surface area contributed by atoms with Crippen LogP contribution >= 0.6 is 0 Å². The zero-order valence-electron chi connectivity index (χ0n) is 15.0. The molecule has 2 aliphatic heterocycles. The molecule has 6 heteroatoms. The van der Waals surface area contributed by atoms with E-state index in [1.807, 2.05) is 25.7 Å². The molecule has 3 rings (SSSR count). The molecule has 2 saturated heterocycles. The minimum atomic E-state index is -0.783. The van der Waals surface area contributed by atoms with Crippen molar-refractivity contribution in [1.82, 2.24) is 15.1 Å². The average Bonchev–Trinajstić information content (AvgIpc) is 2.75. The van der Waals surface area contributed by atoms with E-state index in [1.54, 1.807) is 0 Å². The molecule has 1 N–H and O–H groups in total. The monoisotopic (exact) mass is 335 g/mol. The van der Waals surface area contributed by atoms with E-state index in [0.29, 0.717) is 6.42 Å². The summed E-state index contributed by atoms with van der Waals surface area (Å²) in [5, 5.41) is 2.92. The van der Waals surface area contributed by atoms with Crippen molar-refractivity contribution in [2.45, 2.75) is 83.3 Å². The van der Waals surface area contributed by atoms with Gasteiger partial charge in [-0.1, -0.05) is 19.8 Å². The van der Waals surface area contributed by atoms with Gasteiger partial charge in [-0.25, -0.2) is 4.79 Å². The maximum Gasteiger partial charge on any atom is 0.325 e. The van der Waals surface area contributed by atoms with Crippen LogP contribution in [-0.2, 0) is 9.59 Å². The van der Waals surface area contributed by atoms with E-state index >= 15 is 0 Å². The molecule has 4 atom stereocenters. The molecule has 0 radical (unpaired) electrons. The van der Waals surface area contributed by atoms with Crippen LogP contribution in [-0.4, -0.2) is 51.8 Å². The number of amides is 4. The number of carbonyl (C=O) groups excluding carboxylic acids is 3. The predicted molar refractivity (Wildman–Crippen MR) is 90.2 cm³/mol. The molecule has 1 aliphatic carbocycles. The third-order valence-electron chi connectivity index (χ3n) is 6.28. The molecule has 4 amide bonds. The predicted octanol–water partition coefficient (Wildman–Crippen LogP) is 2.28. The van der Waals surface area contributed by atoms with E-state index in [9.17, 15) is 14.4 Å². The minimum absolute atomic E-state index is 0.112. The van der Waals surface area contributed by atoms with E-state index in [2.05, 4.69) is 5.32 Å². The summed E-state index contributed by atoms with van der Waals surface area (Å²) in [7, 11) is 0. The fourth-order valence-corrected chi connectivity index (χ4v) is 4.77. The molecule has 6 nitrogen and oxygen atoms in total. The van der Waals surface area contributed by atoms with Gasteiger partial charge >= 0.3 is 6.03 Å². The average molecular weight is 335 g/mol. The van der Waals surface area contributed by atoms with Crippen molar-refractivity contribution < 1.29 is 14.4 Å². The first-order valence-electron chi connectivity index (χ1n) is 9.32. The van der Waals surface area contributed by atoms with Gasteiger partial charge in [-0.3, -0.25) is 14.5 Å². The molecular weight excluding hydrogens is 306 g/mol. The molecule has 2 heterocycles. The Hall–Kier alpha value is -1.59. The Balaban J connectivity index is 1.74. The Morgan fingerprint density at radius 3 is 2.38 bits per heavy atom. The number of likely N-dealkylation sites (tertiary alicyclic amines) is 1. The maximum atomic E-state index is 13.0. The van der Waals surface area contributed by atoms with Crippen molar-refractivity contribution in [2.75, 3.05) is 6.54 Å². The second-order valence-corrected chi connectivity index (χ2v) is 7.87. The summed E-state index contributed by atoms with van der Waals surface area (Å²) < 4.78 is 0. The number of nitrogens with zero attached hydrogens (tertiary/aromatic N) is 2. The number of urea groups is 1. The third-order valence-corrected chi connectivity index (χ3v) is 6.28. The fraction of sp³-hybridized carbons (Fsp3) is 0.833. The zero-order valence-corrected chi connectivity index (χ0v) is 15.0. The Bertz CT molecular complexity index is 540. The van der Waals surface area contributed by atoms with Crippen LogP contribution in [0.3, 0.4) is 0 Å². The lowest BCUT2D eigenvalue weighted by atomic mass is 9.73. The number of hydrogen-bond acceptors (Lipinski definition) is 3. The van der Waals surface area contributed by atoms with Crippen molar-refractivity contribution >= 4 is 17.8 Å². The van der Waals surface area contributed by atoms with Crippen LogP contribution < -0.4 is 5.32 Å². The Morgan fingerprint density at radius 1 is 1.08 bits per heavy atom. The first kappa shape index (κ1) is 17.2. The molecule has 0 unspecified atom stereocenters. The van der Waals surface area contributed by atoms with Gasteiger partial charge in [-0.2, -0.15) is 0 Å². The second-order valence-electron chi connectivity index (χ2n) is 7.87. The van der Waals surface area contributed by atoms with Crippen molar-refractivity contribution in [3.05, 3.63) is 0 Å². The van der Waals surface area contributed by atoms with Gasteiger partial charge < -0.3 is 10.2 Å². The summed E-state index contributed by atoms with van der Waals surface area (Å²) in [6.07, 6.45) is 6.74. The smallest absolute Gasteiger partial charge is 0.325 e. The molecule has 0 aromatic rings. The largest absolute Gasteiger partial charge is 0.336 e. The molecule has 1 saturated carbocycles. The number of imide groups is 1. The summed E-state index contributed by atoms with van der Waals surface area (Å²) in [4.78, 5) is 41.1. The Kier molecular flexibility index (Phi) is 4.58. The van der Waals surface area contributed by atoms with Crippen molar-refractivity contribution in [3.8, 4) is 0 Å². The lowest BCUT2D eigenvalue weighted by Gasteiger charge is -2.40. The SMILES string of the molecule is C[C@@H]1CCC[C@H](C)N1C(=O)CN1C(=O)N[C@]2(CCCC[C@@H]2C)C1=O. The Labute approximate surface area is 143 Å². The van der Waals surface area contributed by atoms with E-state index in [-0.39, 0.29) is 36.4 Å². The van der Waals surface area contributed by atoms with Gasteiger partial charge in [0.25, 0.3) is 5.91 Å². The maximum absolute atomic E-state index is 13.0. The normalized spacial score (nSPS) is 37.0. The summed E-state index contributed by atoms with van der Waals surface area (Å²) in [5.74, 6) is -0.195. The molecule has 24 heavy (non-hydrogen) atoms. The number of carbonyl (C=O) groups is 3. The highest BCUT2D eigenvalue weighted by Crippen LogP contribution is 2.38. The van der Waals surface area contributed by atoms with Gasteiger partial charge in [0, 0.05) is 12.1 Å². The topological polar surface area (TPSA) is 69.7 Å². The molecule has 0 bridgehead atoms. The number of nitrogens with one attached hydrogen (secondary N) is 1. The van der Waals surface area contributed by atoms with Crippen LogP contribution in [0.5, 0.6) is 0 Å². The summed E-state index contributed by atoms with van der Waals surface area (Å²) >= 11 is 0. The van der Waals surface area contributed by atoms with Crippen LogP contribution in [0.15, 0.2) is 0 Å². The van der Waals surface area contributed by atoms with Gasteiger partial charge in [0.1, 0.15) is 12.1 Å². The van der Waals surface area contributed by atoms with E-state index < -0.39 is 11.6 Å². The van der Waals surface area contributed by atoms with Crippen molar-refractivity contribution in [3.63, 3.8) is 0 Å². The summed E-state index contributed by atoms with van der Waals surface area (Å²) in [5.41, 5.74) is -0.783. The molecule has 3 aliphatic rings. The highest BCUT2D eigenvalue weighted by molar-refractivity contribution is 6.09. The highest BCUT2D eigenvalue weighted by Gasteiger charge is 2.55. The second kappa shape index (κ2) is 6.37. The van der Waals surface area contributed by atoms with Crippen LogP contribution in [0.25, 0.3) is 0 Å². The van der Waals surface area contributed by atoms with Gasteiger partial charge in [0.2, 0.25) is 5.91 Å². The lowest BCUT2D eigenvalue weighted by molar-refractivity contribution is -0.143. The van der Waals surface area contributed by atoms with Crippen LogP contribution in [0.1, 0.15) is 65.7 Å². The first-order chi connectivity index (χ1) is 11.4. The Morgan fingerprint density at radius 2 is 1.75 bits per heavy atom. The van der Waals surface area contributed by atoms with Gasteiger partial charge in [0.15, 0.2) is 0 Å². The van der Waals surface area contributed by atoms with Crippen LogP contribution in [0.2, 0.25) is 0 Å². The zero-order chi connectivity index (χ0) is 17.5. The van der Waals surface area contributed by atoms with Crippen LogP contribution in [0.4, 0.5) is 4.79 Å². The van der Waals surface area contributed by atoms with Gasteiger partial charge in [0.05, 0.1) is 0 Å². The van der Waals surface area contributed by atoms with E-state index in [4.69, 9.17) is 0 Å². The highest BCUT2D eigenvalue weighted by atomic mass is 16.2. The van der Waals surface area contributed by atoms with Crippen molar-refractivity contribution in [2.24, 2.45) is 5.92 Å². The first-order valence-corrected chi connectivity index (χ1v) is 9.32. The summed E-state index contributed by atoms with van der Waals surface area (Å²) in [6, 6.07) is -0.0615. The van der Waals surface area contributed by atoms with Gasteiger partial charge in [-0.15, -0.1) is 0 Å². The fourth-order valence-electron chi connectivity index (χ4n) is 4.77. The lowest BCUT2D eigenvalue weighted by Crippen LogP contribution is -2.55. The third kappa shape index (κ3) is 2.70. The molecular formula is C18H29N3O3. The number of hydrogen-bond donors (Lipinski definition) is 1. The van der Waals surface area contributed by atoms with Crippen LogP contribution in [0, 0.1) is 5.92 Å². The quantitative estimate of drug-likeness (QED) is 0.787.